The Bertz CT molecular complexity index is 752. The maximum Gasteiger partial charge on any atom is 0.373 e. The maximum absolute atomic E-state index is 13.6. The molecule has 0 unspecified atom stereocenters. The number of nitrogens with one attached hydrogen (secondary N) is 1. The largest absolute Gasteiger partial charge is 0.436 e. The minimum Gasteiger partial charge on any atom is -0.436 e. The monoisotopic (exact) mass is 299 g/mol. The molecule has 0 amide bonds. The number of H-pyrrole nitrogens is 1. The zero-order chi connectivity index (χ0) is 15.8. The van der Waals surface area contributed by atoms with Crippen LogP contribution in [0.5, 0.6) is 11.6 Å². The molecule has 3 aromatic rings. The summed E-state index contributed by atoms with van der Waals surface area (Å²) in [5.74, 6) is 0.764. The van der Waals surface area contributed by atoms with E-state index in [0.717, 1.165) is 5.56 Å². The summed E-state index contributed by atoms with van der Waals surface area (Å²) in [6.07, 6.45) is 1.73. The van der Waals surface area contributed by atoms with Crippen LogP contribution in [0.2, 0.25) is 0 Å². The van der Waals surface area contributed by atoms with Crippen molar-refractivity contribution in [3.63, 3.8) is 0 Å². The summed E-state index contributed by atoms with van der Waals surface area (Å²) >= 11 is 0. The normalized spacial score (nSPS) is 9.32. The summed E-state index contributed by atoms with van der Waals surface area (Å²) in [6, 6.07) is 13.8. The Kier molecular flexibility index (Phi) is 5.12. The van der Waals surface area contributed by atoms with Gasteiger partial charge in [0.05, 0.1) is 0 Å². The molecule has 0 spiro atoms. The molecule has 0 saturated heterocycles. The second-order valence-electron chi connectivity index (χ2n) is 4.00. The molecule has 0 bridgehead atoms. The van der Waals surface area contributed by atoms with Crippen molar-refractivity contribution < 1.29 is 18.7 Å². The van der Waals surface area contributed by atoms with Crippen molar-refractivity contribution in [1.29, 1.82) is 0 Å². The summed E-state index contributed by atoms with van der Waals surface area (Å²) < 4.78 is 19.1. The summed E-state index contributed by atoms with van der Waals surface area (Å²) in [5.41, 5.74) is 1.36. The molecule has 6 nitrogen and oxygen atoms in total. The molecule has 0 aliphatic rings. The minimum absolute atomic E-state index is 0.243. The smallest absolute Gasteiger partial charge is 0.373 e. The van der Waals surface area contributed by atoms with Crippen LogP contribution in [0.3, 0.4) is 0 Å². The van der Waals surface area contributed by atoms with Crippen molar-refractivity contribution in [2.75, 3.05) is 0 Å². The number of hydrogen-bond acceptors (Lipinski definition) is 5. The van der Waals surface area contributed by atoms with Crippen LogP contribution in [0.25, 0.3) is 11.1 Å². The lowest BCUT2D eigenvalue weighted by atomic mass is 10.1. The van der Waals surface area contributed by atoms with E-state index in [1.807, 2.05) is 0 Å². The van der Waals surface area contributed by atoms with Crippen LogP contribution in [0.15, 0.2) is 54.7 Å². The molecule has 3 rings (SSSR count). The van der Waals surface area contributed by atoms with Crippen LogP contribution in [0.4, 0.5) is 4.39 Å². The molecule has 110 valence electrons. The Labute approximate surface area is 124 Å². The average Bonchev–Trinajstić information content (AvgIpc) is 3.03. The predicted octanol–water partition coefficient (Wildman–Crippen LogP) is 2.82. The van der Waals surface area contributed by atoms with Crippen molar-refractivity contribution >= 4 is 6.15 Å². The lowest BCUT2D eigenvalue weighted by molar-refractivity contribution is -0.191. The number of ether oxygens (including phenoxy) is 1. The van der Waals surface area contributed by atoms with Gasteiger partial charge >= 0.3 is 6.15 Å². The second-order valence-corrected chi connectivity index (χ2v) is 4.00. The third-order valence-corrected chi connectivity index (χ3v) is 2.65. The van der Waals surface area contributed by atoms with Crippen molar-refractivity contribution in [3.8, 4) is 22.8 Å². The van der Waals surface area contributed by atoms with Crippen molar-refractivity contribution in [2.45, 2.75) is 0 Å². The van der Waals surface area contributed by atoms with E-state index in [4.69, 9.17) is 14.3 Å². The average molecular weight is 299 g/mol. The quantitative estimate of drug-likeness (QED) is 0.803. The second kappa shape index (κ2) is 7.47. The van der Waals surface area contributed by atoms with E-state index in [1.165, 1.54) is 12.3 Å². The fourth-order valence-electron chi connectivity index (χ4n) is 1.76. The Morgan fingerprint density at radius 2 is 1.73 bits per heavy atom. The third-order valence-electron chi connectivity index (χ3n) is 2.65. The summed E-state index contributed by atoms with van der Waals surface area (Å²) in [7, 11) is 0. The van der Waals surface area contributed by atoms with Gasteiger partial charge < -0.3 is 4.74 Å². The number of hydrogen-bond donors (Lipinski definition) is 1. The van der Waals surface area contributed by atoms with Crippen molar-refractivity contribution in [1.82, 2.24) is 15.4 Å². The van der Waals surface area contributed by atoms with Gasteiger partial charge in [-0.05, 0) is 23.8 Å². The number of aromatic amines is 1. The number of benzene rings is 2. The first kappa shape index (κ1) is 15.1. The van der Waals surface area contributed by atoms with Crippen LogP contribution in [0, 0.1) is 5.82 Å². The molecule has 1 aromatic heterocycles. The molecule has 0 radical (unpaired) electrons. The predicted molar refractivity (Wildman–Crippen MR) is 73.3 cm³/mol. The molecular weight excluding hydrogens is 289 g/mol. The Morgan fingerprint density at radius 1 is 1.05 bits per heavy atom. The first-order valence-corrected chi connectivity index (χ1v) is 6.12. The van der Waals surface area contributed by atoms with Gasteiger partial charge in [-0.15, -0.1) is 5.10 Å². The summed E-state index contributed by atoms with van der Waals surface area (Å²) in [6.45, 7) is 0. The third kappa shape index (κ3) is 3.84. The zero-order valence-corrected chi connectivity index (χ0v) is 11.2. The zero-order valence-electron chi connectivity index (χ0n) is 11.2. The number of rotatable bonds is 3. The number of carbonyl (C=O) groups excluding carboxylic acids is 2. The first-order chi connectivity index (χ1) is 10.7. The van der Waals surface area contributed by atoms with E-state index < -0.39 is 0 Å². The van der Waals surface area contributed by atoms with Gasteiger partial charge in [0.2, 0.25) is 0 Å². The SMILES string of the molecule is Fc1ccccc1-c1ccc(Oc2cn[nH]n2)cc1.O=C=O. The van der Waals surface area contributed by atoms with Gasteiger partial charge in [0, 0.05) is 5.56 Å². The molecule has 0 fully saturated rings. The Hall–Kier alpha value is -3.31. The van der Waals surface area contributed by atoms with Gasteiger partial charge in [-0.25, -0.2) is 4.39 Å². The minimum atomic E-state index is -0.243. The standard InChI is InChI=1S/C14H10FN3O.CO2/c15-13-4-2-1-3-12(13)10-5-7-11(8-6-10)19-14-9-16-18-17-14;2-1-3/h1-9H,(H,16,17,18);. The molecule has 1 N–H and O–H groups in total. The fourth-order valence-corrected chi connectivity index (χ4v) is 1.76. The van der Waals surface area contributed by atoms with Crippen LogP contribution in [-0.4, -0.2) is 21.6 Å². The van der Waals surface area contributed by atoms with E-state index in [2.05, 4.69) is 15.4 Å². The van der Waals surface area contributed by atoms with Crippen LogP contribution in [0.1, 0.15) is 0 Å². The van der Waals surface area contributed by atoms with E-state index in [1.54, 1.807) is 42.5 Å². The molecule has 0 saturated carbocycles. The maximum atomic E-state index is 13.6. The number of aromatic nitrogens is 3. The highest BCUT2D eigenvalue weighted by Crippen LogP contribution is 2.26. The lowest BCUT2D eigenvalue weighted by Crippen LogP contribution is -1.86. The first-order valence-electron chi connectivity index (χ1n) is 6.12. The van der Waals surface area contributed by atoms with Gasteiger partial charge in [-0.3, -0.25) is 0 Å². The molecule has 0 atom stereocenters. The van der Waals surface area contributed by atoms with Crippen LogP contribution in [-0.2, 0) is 9.59 Å². The number of halogens is 1. The molecule has 7 heteroatoms. The van der Waals surface area contributed by atoms with Gasteiger partial charge in [-0.2, -0.15) is 19.9 Å². The van der Waals surface area contributed by atoms with Gasteiger partial charge in [0.1, 0.15) is 17.8 Å². The van der Waals surface area contributed by atoms with Crippen LogP contribution < -0.4 is 4.74 Å². The molecule has 0 aliphatic carbocycles. The molecule has 2 aromatic carbocycles. The van der Waals surface area contributed by atoms with E-state index in [0.29, 0.717) is 17.2 Å². The van der Waals surface area contributed by atoms with E-state index >= 15 is 0 Å². The highest BCUT2D eigenvalue weighted by atomic mass is 19.1. The fraction of sp³-hybridized carbons (Fsp3) is 0. The highest BCUT2D eigenvalue weighted by molar-refractivity contribution is 5.64. The number of nitrogens with zero attached hydrogens (tertiary/aromatic N) is 2. The Morgan fingerprint density at radius 3 is 2.32 bits per heavy atom. The summed E-state index contributed by atoms with van der Waals surface area (Å²) in [4.78, 5) is 16.2. The van der Waals surface area contributed by atoms with Crippen molar-refractivity contribution in [2.24, 2.45) is 0 Å². The van der Waals surface area contributed by atoms with E-state index in [9.17, 15) is 4.39 Å². The highest BCUT2D eigenvalue weighted by Gasteiger charge is 2.05. The molecule has 0 aliphatic heterocycles. The van der Waals surface area contributed by atoms with Crippen LogP contribution >= 0.6 is 0 Å². The molecule has 1 heterocycles. The van der Waals surface area contributed by atoms with Crippen molar-refractivity contribution in [3.05, 3.63) is 60.5 Å². The van der Waals surface area contributed by atoms with E-state index in [-0.39, 0.29) is 12.0 Å². The Balaban J connectivity index is 0.000000545. The molecular formula is C15H10FN3O3. The van der Waals surface area contributed by atoms with Gasteiger partial charge in [-0.1, -0.05) is 30.3 Å². The molecule has 22 heavy (non-hydrogen) atoms. The lowest BCUT2D eigenvalue weighted by Gasteiger charge is -2.05. The van der Waals surface area contributed by atoms with Gasteiger partial charge in [0.25, 0.3) is 5.88 Å². The van der Waals surface area contributed by atoms with Gasteiger partial charge in [0.15, 0.2) is 0 Å². The summed E-state index contributed by atoms with van der Waals surface area (Å²) in [5, 5.41) is 9.89. The topological polar surface area (TPSA) is 84.9 Å².